The minimum absolute atomic E-state index is 0.0575. The van der Waals surface area contributed by atoms with Gasteiger partial charge in [0.05, 0.1) is 12.5 Å². The molecule has 0 aromatic rings. The Morgan fingerprint density at radius 3 is 3.00 bits per heavy atom. The van der Waals surface area contributed by atoms with Crippen molar-refractivity contribution in [1.29, 1.82) is 0 Å². The highest BCUT2D eigenvalue weighted by Crippen LogP contribution is 2.29. The Hall–Kier alpha value is -0.790. The zero-order valence-electron chi connectivity index (χ0n) is 9.28. The van der Waals surface area contributed by atoms with Crippen molar-refractivity contribution >= 4 is 5.97 Å². The van der Waals surface area contributed by atoms with Crippen molar-refractivity contribution in [3.8, 4) is 0 Å². The van der Waals surface area contributed by atoms with Crippen LogP contribution in [0.3, 0.4) is 0 Å². The van der Waals surface area contributed by atoms with Crippen molar-refractivity contribution in [3.05, 3.63) is 12.2 Å². The zero-order valence-corrected chi connectivity index (χ0v) is 9.28. The predicted octanol–water partition coefficient (Wildman–Crippen LogP) is 3.08. The van der Waals surface area contributed by atoms with Crippen molar-refractivity contribution in [1.82, 2.24) is 0 Å². The summed E-state index contributed by atoms with van der Waals surface area (Å²) in [5.74, 6) is 0.955. The van der Waals surface area contributed by atoms with E-state index in [1.54, 1.807) is 0 Å². The lowest BCUT2D eigenvalue weighted by Gasteiger charge is -2.21. The second kappa shape index (κ2) is 5.34. The standard InChI is InChI=1S/C13H20O2/c14-13-12(8-4-5-9-15-13)10-11-6-2-1-3-7-11/h1-2,11-12H,3-10H2. The number of hydrogen-bond acceptors (Lipinski definition) is 2. The van der Waals surface area contributed by atoms with Crippen LogP contribution in [0.15, 0.2) is 12.2 Å². The van der Waals surface area contributed by atoms with Crippen molar-refractivity contribution < 1.29 is 9.53 Å². The smallest absolute Gasteiger partial charge is 0.308 e. The second-order valence-electron chi connectivity index (χ2n) is 4.75. The molecule has 2 rings (SSSR count). The summed E-state index contributed by atoms with van der Waals surface area (Å²) in [7, 11) is 0. The number of carbonyl (C=O) groups excluding carboxylic acids is 1. The SMILES string of the molecule is O=C1OCCCCC1CC1CC=CCC1. The quantitative estimate of drug-likeness (QED) is 0.515. The van der Waals surface area contributed by atoms with E-state index >= 15 is 0 Å². The zero-order chi connectivity index (χ0) is 10.5. The topological polar surface area (TPSA) is 26.3 Å². The molecule has 2 nitrogen and oxygen atoms in total. The maximum atomic E-state index is 11.6. The molecule has 1 fully saturated rings. The van der Waals surface area contributed by atoms with Crippen molar-refractivity contribution in [2.24, 2.45) is 11.8 Å². The fourth-order valence-electron chi connectivity index (χ4n) is 2.59. The summed E-state index contributed by atoms with van der Waals surface area (Å²) in [6, 6.07) is 0. The van der Waals surface area contributed by atoms with Gasteiger partial charge in [-0.15, -0.1) is 0 Å². The second-order valence-corrected chi connectivity index (χ2v) is 4.75. The lowest BCUT2D eigenvalue weighted by molar-refractivity contribution is -0.148. The third kappa shape index (κ3) is 3.08. The van der Waals surface area contributed by atoms with E-state index in [-0.39, 0.29) is 11.9 Å². The van der Waals surface area contributed by atoms with Crippen LogP contribution in [0, 0.1) is 11.8 Å². The summed E-state index contributed by atoms with van der Waals surface area (Å²) in [5.41, 5.74) is 0. The summed E-state index contributed by atoms with van der Waals surface area (Å²) in [6.07, 6.45) is 12.4. The van der Waals surface area contributed by atoms with Gasteiger partial charge in [-0.2, -0.15) is 0 Å². The number of esters is 1. The van der Waals surface area contributed by atoms with Gasteiger partial charge >= 0.3 is 5.97 Å². The van der Waals surface area contributed by atoms with E-state index < -0.39 is 0 Å². The Bertz CT molecular complexity index is 245. The van der Waals surface area contributed by atoms with Crippen LogP contribution < -0.4 is 0 Å². The van der Waals surface area contributed by atoms with E-state index in [1.165, 1.54) is 12.8 Å². The van der Waals surface area contributed by atoms with Crippen LogP contribution >= 0.6 is 0 Å². The van der Waals surface area contributed by atoms with Gasteiger partial charge in [0.15, 0.2) is 0 Å². The number of allylic oxidation sites excluding steroid dienone is 2. The van der Waals surface area contributed by atoms with Crippen molar-refractivity contribution in [2.75, 3.05) is 6.61 Å². The van der Waals surface area contributed by atoms with Crippen molar-refractivity contribution in [2.45, 2.75) is 44.9 Å². The summed E-state index contributed by atoms with van der Waals surface area (Å²) < 4.78 is 5.20. The first kappa shape index (κ1) is 10.7. The van der Waals surface area contributed by atoms with Gasteiger partial charge in [0.25, 0.3) is 0 Å². The number of rotatable bonds is 2. The van der Waals surface area contributed by atoms with Gasteiger partial charge in [-0.25, -0.2) is 0 Å². The molecule has 1 aliphatic carbocycles. The molecule has 0 amide bonds. The lowest BCUT2D eigenvalue weighted by atomic mass is 9.84. The fraction of sp³-hybridized carbons (Fsp3) is 0.769. The summed E-state index contributed by atoms with van der Waals surface area (Å²) in [4.78, 5) is 11.6. The Kier molecular flexibility index (Phi) is 3.81. The van der Waals surface area contributed by atoms with E-state index in [1.807, 2.05) is 0 Å². The highest BCUT2D eigenvalue weighted by atomic mass is 16.5. The molecule has 0 aromatic carbocycles. The number of cyclic esters (lactones) is 1. The minimum atomic E-state index is 0.0575. The third-order valence-electron chi connectivity index (χ3n) is 3.52. The third-order valence-corrected chi connectivity index (χ3v) is 3.52. The maximum absolute atomic E-state index is 11.6. The van der Waals surface area contributed by atoms with Crippen LogP contribution in [-0.2, 0) is 9.53 Å². The molecule has 2 aliphatic rings. The lowest BCUT2D eigenvalue weighted by Crippen LogP contribution is -2.19. The van der Waals surface area contributed by atoms with Gasteiger partial charge in [0.2, 0.25) is 0 Å². The molecule has 2 atom stereocenters. The molecule has 1 saturated heterocycles. The molecule has 0 bridgehead atoms. The molecule has 0 saturated carbocycles. The Morgan fingerprint density at radius 2 is 2.20 bits per heavy atom. The molecule has 1 heterocycles. The molecule has 0 spiro atoms. The average Bonchev–Trinajstić information content (AvgIpc) is 2.46. The first-order chi connectivity index (χ1) is 7.36. The van der Waals surface area contributed by atoms with E-state index in [4.69, 9.17) is 4.74 Å². The maximum Gasteiger partial charge on any atom is 0.308 e. The minimum Gasteiger partial charge on any atom is -0.465 e. The van der Waals surface area contributed by atoms with Crippen LogP contribution in [0.4, 0.5) is 0 Å². The van der Waals surface area contributed by atoms with Gasteiger partial charge in [-0.05, 0) is 50.9 Å². The predicted molar refractivity (Wildman–Crippen MR) is 59.4 cm³/mol. The van der Waals surface area contributed by atoms with E-state index in [9.17, 15) is 4.79 Å². The highest BCUT2D eigenvalue weighted by molar-refractivity contribution is 5.72. The monoisotopic (exact) mass is 208 g/mol. The highest BCUT2D eigenvalue weighted by Gasteiger charge is 2.25. The van der Waals surface area contributed by atoms with Gasteiger partial charge in [-0.3, -0.25) is 4.79 Å². The Labute approximate surface area is 91.7 Å². The Balaban J connectivity index is 1.85. The van der Waals surface area contributed by atoms with Gasteiger partial charge in [0.1, 0.15) is 0 Å². The number of carbonyl (C=O) groups is 1. The Morgan fingerprint density at radius 1 is 1.27 bits per heavy atom. The molecule has 0 radical (unpaired) electrons. The van der Waals surface area contributed by atoms with Gasteiger partial charge in [-0.1, -0.05) is 12.2 Å². The average molecular weight is 208 g/mol. The molecule has 84 valence electrons. The molecule has 1 aliphatic heterocycles. The summed E-state index contributed by atoms with van der Waals surface area (Å²) >= 11 is 0. The van der Waals surface area contributed by atoms with Crippen LogP contribution in [0.2, 0.25) is 0 Å². The molecule has 0 aromatic heterocycles. The largest absolute Gasteiger partial charge is 0.465 e. The normalized spacial score (nSPS) is 32.1. The number of ether oxygens (including phenoxy) is 1. The molecule has 0 N–H and O–H groups in total. The van der Waals surface area contributed by atoms with Gasteiger partial charge < -0.3 is 4.74 Å². The fourth-order valence-corrected chi connectivity index (χ4v) is 2.59. The van der Waals surface area contributed by atoms with Crippen LogP contribution in [0.25, 0.3) is 0 Å². The van der Waals surface area contributed by atoms with Crippen LogP contribution in [0.5, 0.6) is 0 Å². The van der Waals surface area contributed by atoms with Gasteiger partial charge in [0, 0.05) is 0 Å². The molecular weight excluding hydrogens is 188 g/mol. The summed E-state index contributed by atoms with van der Waals surface area (Å²) in [5, 5.41) is 0. The molecular formula is C13H20O2. The van der Waals surface area contributed by atoms with E-state index in [2.05, 4.69) is 12.2 Å². The van der Waals surface area contributed by atoms with Crippen LogP contribution in [-0.4, -0.2) is 12.6 Å². The van der Waals surface area contributed by atoms with Crippen LogP contribution in [0.1, 0.15) is 44.9 Å². The van der Waals surface area contributed by atoms with E-state index in [0.29, 0.717) is 12.5 Å². The first-order valence-corrected chi connectivity index (χ1v) is 6.18. The van der Waals surface area contributed by atoms with E-state index in [0.717, 1.165) is 32.1 Å². The number of hydrogen-bond donors (Lipinski definition) is 0. The summed E-state index contributed by atoms with van der Waals surface area (Å²) in [6.45, 7) is 0.639. The molecule has 2 unspecified atom stereocenters. The molecule has 15 heavy (non-hydrogen) atoms. The first-order valence-electron chi connectivity index (χ1n) is 6.18. The van der Waals surface area contributed by atoms with Crippen molar-refractivity contribution in [3.63, 3.8) is 0 Å². The molecule has 2 heteroatoms.